The molecule has 34 heavy (non-hydrogen) atoms. The predicted molar refractivity (Wildman–Crippen MR) is 120 cm³/mol. The summed E-state index contributed by atoms with van der Waals surface area (Å²) >= 11 is 6.11. The van der Waals surface area contributed by atoms with Crippen molar-refractivity contribution in [2.45, 2.75) is 12.8 Å². The zero-order valence-corrected chi connectivity index (χ0v) is 19.2. The number of nitrogens with one attached hydrogen (secondary N) is 1. The van der Waals surface area contributed by atoms with Gasteiger partial charge in [0.2, 0.25) is 5.88 Å². The maximum atomic E-state index is 14.1. The number of rotatable bonds is 7. The summed E-state index contributed by atoms with van der Waals surface area (Å²) in [6.45, 7) is 1.94. The zero-order chi connectivity index (χ0) is 24.4. The molecule has 1 aromatic carbocycles. The summed E-state index contributed by atoms with van der Waals surface area (Å²) in [6, 6.07) is 9.52. The van der Waals surface area contributed by atoms with E-state index in [2.05, 4.69) is 20.6 Å². The highest BCUT2D eigenvalue weighted by Crippen LogP contribution is 2.33. The van der Waals surface area contributed by atoms with E-state index in [9.17, 15) is 13.6 Å². The summed E-state index contributed by atoms with van der Waals surface area (Å²) in [5.74, 6) is -2.01. The van der Waals surface area contributed by atoms with Gasteiger partial charge in [-0.15, -0.1) is 0 Å². The van der Waals surface area contributed by atoms with Gasteiger partial charge >= 0.3 is 0 Å². The topological polar surface area (TPSA) is 95.1 Å². The molecular weight excluding hydrogens is 468 g/mol. The lowest BCUT2D eigenvalue weighted by Crippen LogP contribution is -2.29. The first-order valence-electron chi connectivity index (χ1n) is 10.2. The van der Waals surface area contributed by atoms with E-state index in [0.29, 0.717) is 22.4 Å². The van der Waals surface area contributed by atoms with Crippen molar-refractivity contribution in [3.05, 3.63) is 81.9 Å². The molecule has 1 amide bonds. The summed E-state index contributed by atoms with van der Waals surface area (Å²) in [4.78, 5) is 17.2. The van der Waals surface area contributed by atoms with Crippen LogP contribution in [0, 0.1) is 18.6 Å². The summed E-state index contributed by atoms with van der Waals surface area (Å²) in [7, 11) is 3.29. The van der Waals surface area contributed by atoms with Crippen LogP contribution in [0.2, 0.25) is 5.15 Å². The molecule has 0 aliphatic heterocycles. The zero-order valence-electron chi connectivity index (χ0n) is 18.5. The third kappa shape index (κ3) is 4.62. The number of aromatic nitrogens is 4. The molecule has 1 unspecified atom stereocenters. The lowest BCUT2D eigenvalue weighted by atomic mass is 9.95. The lowest BCUT2D eigenvalue weighted by Gasteiger charge is -2.18. The van der Waals surface area contributed by atoms with Crippen LogP contribution in [-0.2, 0) is 7.05 Å². The van der Waals surface area contributed by atoms with E-state index in [0.717, 1.165) is 17.7 Å². The Bertz CT molecular complexity index is 1350. The Hall–Kier alpha value is -3.79. The quantitative estimate of drug-likeness (QED) is 0.391. The molecule has 4 aromatic rings. The molecule has 3 aromatic heterocycles. The highest BCUT2D eigenvalue weighted by Gasteiger charge is 2.27. The van der Waals surface area contributed by atoms with Gasteiger partial charge in [-0.2, -0.15) is 5.10 Å². The predicted octanol–water partition coefficient (Wildman–Crippen LogP) is 4.28. The molecule has 1 atom stereocenters. The fourth-order valence-electron chi connectivity index (χ4n) is 3.75. The highest BCUT2D eigenvalue weighted by molar-refractivity contribution is 6.29. The van der Waals surface area contributed by atoms with Gasteiger partial charge in [0, 0.05) is 31.3 Å². The monoisotopic (exact) mass is 487 g/mol. The van der Waals surface area contributed by atoms with Gasteiger partial charge in [0.05, 0.1) is 30.0 Å². The molecule has 1 N–H and O–H groups in total. The van der Waals surface area contributed by atoms with Crippen molar-refractivity contribution in [2.24, 2.45) is 7.05 Å². The minimum absolute atomic E-state index is 0.000445. The van der Waals surface area contributed by atoms with E-state index >= 15 is 0 Å². The van der Waals surface area contributed by atoms with E-state index < -0.39 is 23.5 Å². The number of methoxy groups -OCH3 is 1. The highest BCUT2D eigenvalue weighted by atomic mass is 35.5. The van der Waals surface area contributed by atoms with Crippen LogP contribution in [0.4, 0.5) is 8.78 Å². The van der Waals surface area contributed by atoms with Gasteiger partial charge < -0.3 is 14.6 Å². The van der Waals surface area contributed by atoms with Gasteiger partial charge in [0.25, 0.3) is 5.91 Å². The van der Waals surface area contributed by atoms with E-state index in [4.69, 9.17) is 20.9 Å². The molecule has 0 spiro atoms. The first-order chi connectivity index (χ1) is 16.3. The van der Waals surface area contributed by atoms with Crippen molar-refractivity contribution in [1.29, 1.82) is 0 Å². The lowest BCUT2D eigenvalue weighted by molar-refractivity contribution is 0.0943. The van der Waals surface area contributed by atoms with E-state index in [1.54, 1.807) is 29.9 Å². The molecule has 176 valence electrons. The first-order valence-corrected chi connectivity index (χ1v) is 10.6. The molecular formula is C23H20ClF2N5O3. The standard InChI is InChI=1S/C23H20ClF2N5O3/c1-12-21(23(33-3)31(2)29-12)15(17-5-4-6-20(24)28-17)11-27-22(32)18-10-19(34-30-18)14-8-7-13(25)9-16(14)26/h4-10,15H,11H2,1-3H3,(H,27,32). The number of carbonyl (C=O) groups excluding carboxylic acids is 1. The summed E-state index contributed by atoms with van der Waals surface area (Å²) in [5.41, 5.74) is 1.98. The van der Waals surface area contributed by atoms with E-state index in [1.165, 1.54) is 19.2 Å². The van der Waals surface area contributed by atoms with Gasteiger partial charge in [0.1, 0.15) is 16.8 Å². The minimum Gasteiger partial charge on any atom is -0.481 e. The second kappa shape index (κ2) is 9.60. The fraction of sp³-hybridized carbons (Fsp3) is 0.217. The van der Waals surface area contributed by atoms with Gasteiger partial charge in [-0.05, 0) is 31.2 Å². The van der Waals surface area contributed by atoms with Crippen LogP contribution in [-0.4, -0.2) is 39.5 Å². The SMILES string of the molecule is COc1c(C(CNC(=O)c2cc(-c3ccc(F)cc3F)on2)c2cccc(Cl)n2)c(C)nn1C. The molecule has 0 fully saturated rings. The first kappa shape index (κ1) is 23.4. The second-order valence-corrected chi connectivity index (χ2v) is 7.87. The summed E-state index contributed by atoms with van der Waals surface area (Å²) < 4.78 is 39.5. The van der Waals surface area contributed by atoms with Crippen molar-refractivity contribution in [3.63, 3.8) is 0 Å². The number of benzene rings is 1. The molecule has 4 rings (SSSR count). The molecule has 0 radical (unpaired) electrons. The number of hydrogen-bond acceptors (Lipinski definition) is 6. The Morgan fingerprint density at radius 1 is 1.26 bits per heavy atom. The average Bonchev–Trinajstić information content (AvgIpc) is 3.38. The van der Waals surface area contributed by atoms with Crippen LogP contribution in [0.15, 0.2) is 47.0 Å². The van der Waals surface area contributed by atoms with Gasteiger partial charge in [-0.3, -0.25) is 4.79 Å². The Labute approximate surface area is 198 Å². The number of nitrogens with zero attached hydrogens (tertiary/aromatic N) is 4. The van der Waals surface area contributed by atoms with Crippen molar-refractivity contribution in [2.75, 3.05) is 13.7 Å². The fourth-order valence-corrected chi connectivity index (χ4v) is 3.92. The maximum Gasteiger partial charge on any atom is 0.273 e. The number of amides is 1. The Balaban J connectivity index is 1.60. The summed E-state index contributed by atoms with van der Waals surface area (Å²) in [6.07, 6.45) is 0. The van der Waals surface area contributed by atoms with Gasteiger partial charge in [-0.25, -0.2) is 18.4 Å². The largest absolute Gasteiger partial charge is 0.481 e. The van der Waals surface area contributed by atoms with E-state index in [-0.39, 0.29) is 23.6 Å². The molecule has 0 bridgehead atoms. The Morgan fingerprint density at radius 2 is 2.06 bits per heavy atom. The third-order valence-corrected chi connectivity index (χ3v) is 5.47. The number of pyridine rings is 1. The average molecular weight is 488 g/mol. The molecule has 0 saturated heterocycles. The van der Waals surface area contributed by atoms with Gasteiger partial charge in [-0.1, -0.05) is 22.8 Å². The van der Waals surface area contributed by atoms with Crippen LogP contribution in [0.5, 0.6) is 5.88 Å². The molecule has 3 heterocycles. The number of halogens is 3. The summed E-state index contributed by atoms with van der Waals surface area (Å²) in [5, 5.41) is 11.2. The van der Waals surface area contributed by atoms with Gasteiger partial charge in [0.15, 0.2) is 11.5 Å². The van der Waals surface area contributed by atoms with Crippen molar-refractivity contribution < 1.29 is 22.8 Å². The van der Waals surface area contributed by atoms with Crippen LogP contribution in [0.1, 0.15) is 33.4 Å². The van der Waals surface area contributed by atoms with Crippen molar-refractivity contribution >= 4 is 17.5 Å². The molecule has 0 aliphatic carbocycles. The molecule has 11 heteroatoms. The molecule has 8 nitrogen and oxygen atoms in total. The number of ether oxygens (including phenoxy) is 1. The van der Waals surface area contributed by atoms with Crippen LogP contribution in [0.3, 0.4) is 0 Å². The minimum atomic E-state index is -0.825. The van der Waals surface area contributed by atoms with Crippen LogP contribution in [0.25, 0.3) is 11.3 Å². The Kier molecular flexibility index (Phi) is 6.60. The number of carbonyl (C=O) groups is 1. The normalized spacial score (nSPS) is 11.9. The van der Waals surface area contributed by atoms with Crippen LogP contribution < -0.4 is 10.1 Å². The third-order valence-electron chi connectivity index (χ3n) is 5.26. The second-order valence-electron chi connectivity index (χ2n) is 7.48. The smallest absolute Gasteiger partial charge is 0.273 e. The van der Waals surface area contributed by atoms with Crippen molar-refractivity contribution in [3.8, 4) is 17.2 Å². The number of hydrogen-bond donors (Lipinski definition) is 1. The molecule has 0 aliphatic rings. The number of aryl methyl sites for hydroxylation is 2. The van der Waals surface area contributed by atoms with Crippen molar-refractivity contribution in [1.82, 2.24) is 25.2 Å². The van der Waals surface area contributed by atoms with E-state index in [1.807, 2.05) is 6.92 Å². The van der Waals surface area contributed by atoms with Crippen LogP contribution >= 0.6 is 11.6 Å². The molecule has 0 saturated carbocycles. The maximum absolute atomic E-state index is 14.1. The Morgan fingerprint density at radius 3 is 2.76 bits per heavy atom.